The molecule has 5 aromatic rings. The molecule has 0 aliphatic rings. The fourth-order valence-electron chi connectivity index (χ4n) is 5.14. The molecule has 44 heavy (non-hydrogen) atoms. The summed E-state index contributed by atoms with van der Waals surface area (Å²) < 4.78 is 1.80. The maximum atomic E-state index is 12.8. The van der Waals surface area contributed by atoms with Crippen LogP contribution in [0, 0.1) is 11.3 Å². The lowest BCUT2D eigenvalue weighted by atomic mass is 10.00. The van der Waals surface area contributed by atoms with Crippen molar-refractivity contribution in [2.45, 2.75) is 45.3 Å². The lowest BCUT2D eigenvalue weighted by Crippen LogP contribution is -2.22. The summed E-state index contributed by atoms with van der Waals surface area (Å²) in [6.07, 6.45) is 4.26. The summed E-state index contributed by atoms with van der Waals surface area (Å²) in [5.74, 6) is -0.0973. The van der Waals surface area contributed by atoms with E-state index >= 15 is 0 Å². The Morgan fingerprint density at radius 2 is 1.80 bits per heavy atom. The molecule has 9 nitrogen and oxygen atoms in total. The third kappa shape index (κ3) is 6.36. The molecule has 2 aromatic heterocycles. The molecular formula is C34H35ClN8O. The van der Waals surface area contributed by atoms with Gasteiger partial charge in [-0.1, -0.05) is 66.2 Å². The topological polar surface area (TPSA) is 112 Å². The summed E-state index contributed by atoms with van der Waals surface area (Å²) >= 11 is 6.84. The molecule has 0 radical (unpaired) electrons. The molecule has 0 bridgehead atoms. The molecule has 3 aromatic carbocycles. The van der Waals surface area contributed by atoms with Gasteiger partial charge in [-0.25, -0.2) is 4.68 Å². The number of hydrogen-bond donors (Lipinski definition) is 2. The third-order valence-electron chi connectivity index (χ3n) is 7.51. The first-order chi connectivity index (χ1) is 21.2. The number of benzene rings is 3. The quantitative estimate of drug-likeness (QED) is 0.170. The second kappa shape index (κ2) is 13.1. The Morgan fingerprint density at radius 1 is 1.05 bits per heavy atom. The van der Waals surface area contributed by atoms with Gasteiger partial charge in [0, 0.05) is 43.0 Å². The fraction of sp³-hybridized carbons (Fsp3) is 0.265. The molecule has 5 rings (SSSR count). The van der Waals surface area contributed by atoms with Crippen LogP contribution in [0.5, 0.6) is 0 Å². The van der Waals surface area contributed by atoms with E-state index in [2.05, 4.69) is 51.1 Å². The Balaban J connectivity index is 1.62. The van der Waals surface area contributed by atoms with E-state index in [0.29, 0.717) is 38.7 Å². The molecule has 2 heterocycles. The lowest BCUT2D eigenvalue weighted by Gasteiger charge is -2.23. The van der Waals surface area contributed by atoms with Gasteiger partial charge in [0.2, 0.25) is 0 Å². The predicted molar refractivity (Wildman–Crippen MR) is 175 cm³/mol. The Bertz CT molecular complexity index is 1830. The first-order valence-corrected chi connectivity index (χ1v) is 14.9. The van der Waals surface area contributed by atoms with Crippen molar-refractivity contribution in [3.05, 3.63) is 112 Å². The molecular weight excluding hydrogens is 572 g/mol. The van der Waals surface area contributed by atoms with Crippen molar-refractivity contribution in [1.82, 2.24) is 24.9 Å². The summed E-state index contributed by atoms with van der Waals surface area (Å²) in [4.78, 5) is 18.9. The average molecular weight is 607 g/mol. The summed E-state index contributed by atoms with van der Waals surface area (Å²) in [5, 5.41) is 27.2. The van der Waals surface area contributed by atoms with E-state index in [1.807, 2.05) is 68.6 Å². The maximum Gasteiger partial charge on any atom is 0.253 e. The smallest absolute Gasteiger partial charge is 0.253 e. The average Bonchev–Trinajstić information content (AvgIpc) is 3.53. The van der Waals surface area contributed by atoms with E-state index in [0.717, 1.165) is 22.9 Å². The summed E-state index contributed by atoms with van der Waals surface area (Å²) in [6, 6.07) is 23.3. The van der Waals surface area contributed by atoms with Crippen LogP contribution in [0.25, 0.3) is 10.9 Å². The van der Waals surface area contributed by atoms with Gasteiger partial charge >= 0.3 is 0 Å². The molecule has 2 atom stereocenters. The fourth-order valence-corrected chi connectivity index (χ4v) is 5.41. The highest BCUT2D eigenvalue weighted by Crippen LogP contribution is 2.37. The van der Waals surface area contributed by atoms with Crippen molar-refractivity contribution in [3.63, 3.8) is 0 Å². The predicted octanol–water partition coefficient (Wildman–Crippen LogP) is 7.40. The molecule has 0 aliphatic carbocycles. The SMILES string of the molecule is CCC(Nc1c(C#N)cnc2c(Cl)cc(NC(c3cccc(C(=O)N(C)C)c3)c3cn(C(C)C)nn3)cc12)c1ccccc1. The zero-order valence-electron chi connectivity index (χ0n) is 25.4. The van der Waals surface area contributed by atoms with E-state index in [-0.39, 0.29) is 18.0 Å². The van der Waals surface area contributed by atoms with Gasteiger partial charge in [-0.3, -0.25) is 9.78 Å². The number of fused-ring (bicyclic) bond motifs is 1. The Morgan fingerprint density at radius 3 is 2.45 bits per heavy atom. The Hall–Kier alpha value is -4.94. The molecule has 10 heteroatoms. The molecule has 224 valence electrons. The first-order valence-electron chi connectivity index (χ1n) is 14.5. The molecule has 2 N–H and O–H groups in total. The van der Waals surface area contributed by atoms with Gasteiger partial charge in [-0.2, -0.15) is 5.26 Å². The van der Waals surface area contributed by atoms with Crippen LogP contribution in [0.4, 0.5) is 11.4 Å². The van der Waals surface area contributed by atoms with Gasteiger partial charge in [-0.05, 0) is 55.7 Å². The number of amides is 1. The van der Waals surface area contributed by atoms with E-state index in [1.54, 1.807) is 35.9 Å². The van der Waals surface area contributed by atoms with Crippen molar-refractivity contribution in [2.24, 2.45) is 0 Å². The van der Waals surface area contributed by atoms with Crippen LogP contribution in [0.3, 0.4) is 0 Å². The van der Waals surface area contributed by atoms with Gasteiger partial charge in [0.25, 0.3) is 5.91 Å². The normalized spacial score (nSPS) is 12.5. The summed E-state index contributed by atoms with van der Waals surface area (Å²) in [7, 11) is 3.46. The second-order valence-electron chi connectivity index (χ2n) is 11.1. The number of hydrogen-bond acceptors (Lipinski definition) is 7. The van der Waals surface area contributed by atoms with Gasteiger partial charge in [0.05, 0.1) is 40.1 Å². The van der Waals surface area contributed by atoms with Crippen LogP contribution >= 0.6 is 11.6 Å². The molecule has 1 amide bonds. The summed E-state index contributed by atoms with van der Waals surface area (Å²) in [5.41, 5.74) is 5.57. The van der Waals surface area contributed by atoms with Gasteiger partial charge < -0.3 is 15.5 Å². The van der Waals surface area contributed by atoms with Crippen molar-refractivity contribution in [2.75, 3.05) is 24.7 Å². The molecule has 0 saturated carbocycles. The van der Waals surface area contributed by atoms with Crippen molar-refractivity contribution in [1.29, 1.82) is 5.26 Å². The molecule has 0 aliphatic heterocycles. The van der Waals surface area contributed by atoms with E-state index in [9.17, 15) is 10.1 Å². The number of nitrogens with one attached hydrogen (secondary N) is 2. The number of halogens is 1. The van der Waals surface area contributed by atoms with Crippen molar-refractivity contribution >= 4 is 39.8 Å². The largest absolute Gasteiger partial charge is 0.377 e. The van der Waals surface area contributed by atoms with Gasteiger partial charge in [-0.15, -0.1) is 5.10 Å². The van der Waals surface area contributed by atoms with Crippen LogP contribution < -0.4 is 10.6 Å². The minimum atomic E-state index is -0.456. The van der Waals surface area contributed by atoms with Crippen LogP contribution in [-0.2, 0) is 0 Å². The number of pyridine rings is 1. The Labute approximate surface area is 262 Å². The molecule has 0 spiro atoms. The zero-order valence-corrected chi connectivity index (χ0v) is 26.2. The molecule has 0 saturated heterocycles. The standard InChI is InChI=1S/C34H35ClN8O/c1-6-29(22-11-8-7-9-12-22)39-31-25(18-36)19-37-33-27(31)16-26(17-28(33)35)38-32(30-20-43(21(2)3)41-40-30)23-13-10-14-24(15-23)34(44)42(4)5/h7-17,19-21,29,32,38H,6H2,1-5H3,(H,37,39). The summed E-state index contributed by atoms with van der Waals surface area (Å²) in [6.45, 7) is 6.17. The van der Waals surface area contributed by atoms with E-state index in [1.165, 1.54) is 0 Å². The monoisotopic (exact) mass is 606 g/mol. The van der Waals surface area contributed by atoms with Gasteiger partial charge in [0.15, 0.2) is 0 Å². The van der Waals surface area contributed by atoms with Crippen LogP contribution in [-0.4, -0.2) is 44.9 Å². The number of aromatic nitrogens is 4. The van der Waals surface area contributed by atoms with E-state index < -0.39 is 6.04 Å². The number of carbonyl (C=O) groups excluding carboxylic acids is 1. The highest BCUT2D eigenvalue weighted by atomic mass is 35.5. The van der Waals surface area contributed by atoms with Crippen LogP contribution in [0.2, 0.25) is 5.02 Å². The van der Waals surface area contributed by atoms with Crippen molar-refractivity contribution < 1.29 is 4.79 Å². The first kappa shape index (κ1) is 30.5. The van der Waals surface area contributed by atoms with E-state index in [4.69, 9.17) is 11.6 Å². The zero-order chi connectivity index (χ0) is 31.4. The second-order valence-corrected chi connectivity index (χ2v) is 11.6. The van der Waals surface area contributed by atoms with Crippen molar-refractivity contribution in [3.8, 4) is 6.07 Å². The highest BCUT2D eigenvalue weighted by Gasteiger charge is 2.23. The lowest BCUT2D eigenvalue weighted by molar-refractivity contribution is 0.0827. The highest BCUT2D eigenvalue weighted by molar-refractivity contribution is 6.35. The number of nitrogens with zero attached hydrogens (tertiary/aromatic N) is 6. The van der Waals surface area contributed by atoms with Gasteiger partial charge in [0.1, 0.15) is 11.8 Å². The number of rotatable bonds is 10. The number of anilines is 2. The van der Waals surface area contributed by atoms with Crippen LogP contribution in [0.15, 0.2) is 79.1 Å². The molecule has 2 unspecified atom stereocenters. The number of nitriles is 1. The number of carbonyl (C=O) groups is 1. The Kier molecular flexibility index (Phi) is 9.12. The van der Waals surface area contributed by atoms with Crippen LogP contribution in [0.1, 0.15) is 78.1 Å². The minimum Gasteiger partial charge on any atom is -0.377 e. The maximum absolute atomic E-state index is 12.8. The molecule has 0 fully saturated rings. The minimum absolute atomic E-state index is 0.0277. The third-order valence-corrected chi connectivity index (χ3v) is 7.80.